The van der Waals surface area contributed by atoms with E-state index in [9.17, 15) is 0 Å². The van der Waals surface area contributed by atoms with Crippen LogP contribution in [-0.4, -0.2) is -0.565 Å². The number of alkyl halides is 3. The fraction of sp³-hybridized carbons (Fsp3) is 0.250. The lowest BCUT2D eigenvalue weighted by Crippen LogP contribution is -2.03. The van der Waals surface area contributed by atoms with Gasteiger partial charge < -0.3 is 0 Å². The Labute approximate surface area is 108 Å². The molecule has 0 aliphatic rings. The molecule has 0 saturated carbocycles. The number of hydrogen-bond acceptors (Lipinski definition) is 0. The van der Waals surface area contributed by atoms with Gasteiger partial charge >= 0.3 is 0 Å². The Morgan fingerprint density at radius 3 is 2.00 bits per heavy atom. The van der Waals surface area contributed by atoms with Gasteiger partial charge in [-0.25, -0.2) is 0 Å². The van der Waals surface area contributed by atoms with Crippen LogP contribution in [0.25, 0.3) is 0 Å². The van der Waals surface area contributed by atoms with Crippen molar-refractivity contribution < 1.29 is 0 Å². The maximum absolute atomic E-state index is 2.45. The van der Waals surface area contributed by atoms with Gasteiger partial charge in [-0.15, -0.1) is 0 Å². The molecule has 1 aromatic carbocycles. The molecule has 3 heteroatoms. The summed E-state index contributed by atoms with van der Waals surface area (Å²) in [5.74, 6) is 0. The van der Waals surface area contributed by atoms with E-state index in [1.54, 1.807) is 0 Å². The quantitative estimate of drug-likeness (QED) is 0.437. The van der Waals surface area contributed by atoms with Crippen LogP contribution >= 0.6 is 67.8 Å². The standard InChI is InChI=1S/C8H7I3/c9-8(10,11)6-7-4-2-1-3-5-7/h1-5H,6H2. The molecule has 60 valence electrons. The van der Waals surface area contributed by atoms with Crippen molar-refractivity contribution in [3.8, 4) is 0 Å². The van der Waals surface area contributed by atoms with E-state index in [0.29, 0.717) is -0.565 Å². The molecular weight excluding hydrogens is 477 g/mol. The number of halogens is 3. The van der Waals surface area contributed by atoms with Gasteiger partial charge in [-0.05, 0) is 5.56 Å². The van der Waals surface area contributed by atoms with Gasteiger partial charge in [0.05, 0.1) is 0 Å². The second-order valence-electron chi connectivity index (χ2n) is 2.28. The van der Waals surface area contributed by atoms with E-state index in [-0.39, 0.29) is 0 Å². The number of hydrogen-bond donors (Lipinski definition) is 0. The largest absolute Gasteiger partial charge is 0.128 e. The fourth-order valence-electron chi connectivity index (χ4n) is 0.827. The minimum atomic E-state index is 0.314. The van der Waals surface area contributed by atoms with E-state index in [2.05, 4.69) is 98.1 Å². The normalized spacial score (nSPS) is 11.5. The van der Waals surface area contributed by atoms with Crippen molar-refractivity contribution in [1.29, 1.82) is 0 Å². The maximum atomic E-state index is 2.45. The van der Waals surface area contributed by atoms with Gasteiger partial charge in [0.25, 0.3) is 0 Å². The molecular formula is C8H7I3. The zero-order chi connectivity index (χ0) is 8.32. The zero-order valence-corrected chi connectivity index (χ0v) is 12.2. The van der Waals surface area contributed by atoms with Gasteiger partial charge in [0.15, 0.2) is 0 Å². The third-order valence-electron chi connectivity index (χ3n) is 1.25. The highest BCUT2D eigenvalue weighted by molar-refractivity contribution is 14.3. The Balaban J connectivity index is 2.66. The summed E-state index contributed by atoms with van der Waals surface area (Å²) in [5.41, 5.74) is 1.41. The maximum Gasteiger partial charge on any atom is 0.128 e. The van der Waals surface area contributed by atoms with Crippen molar-refractivity contribution in [3.63, 3.8) is 0 Å². The van der Waals surface area contributed by atoms with Crippen LogP contribution in [-0.2, 0) is 6.42 Å². The van der Waals surface area contributed by atoms with Crippen LogP contribution in [0.15, 0.2) is 30.3 Å². The van der Waals surface area contributed by atoms with E-state index in [1.165, 1.54) is 5.56 Å². The Bertz CT molecular complexity index is 213. The smallest absolute Gasteiger partial charge is 0.0622 e. The van der Waals surface area contributed by atoms with Crippen molar-refractivity contribution in [3.05, 3.63) is 35.9 Å². The number of benzene rings is 1. The molecule has 0 aliphatic carbocycles. The van der Waals surface area contributed by atoms with Gasteiger partial charge in [0.2, 0.25) is 0 Å². The van der Waals surface area contributed by atoms with Crippen molar-refractivity contribution in [2.45, 2.75) is 5.86 Å². The van der Waals surface area contributed by atoms with Crippen LogP contribution in [0.4, 0.5) is 0 Å². The molecule has 0 bridgehead atoms. The van der Waals surface area contributed by atoms with Crippen LogP contribution in [0, 0.1) is 0 Å². The van der Waals surface area contributed by atoms with E-state index in [0.717, 1.165) is 6.42 Å². The molecule has 0 amide bonds. The van der Waals surface area contributed by atoms with E-state index < -0.39 is 0 Å². The molecule has 0 fully saturated rings. The Hall–Kier alpha value is 1.41. The Morgan fingerprint density at radius 1 is 1.00 bits per heavy atom. The molecule has 0 aliphatic heterocycles. The average molecular weight is 484 g/mol. The highest BCUT2D eigenvalue weighted by Crippen LogP contribution is 2.38. The Kier molecular flexibility index (Phi) is 4.38. The minimum absolute atomic E-state index is 0.314. The molecule has 0 N–H and O–H groups in total. The molecule has 0 nitrogen and oxygen atoms in total. The van der Waals surface area contributed by atoms with E-state index in [1.807, 2.05) is 0 Å². The minimum Gasteiger partial charge on any atom is -0.0622 e. The third kappa shape index (κ3) is 4.87. The van der Waals surface area contributed by atoms with E-state index in [4.69, 9.17) is 0 Å². The predicted molar refractivity (Wildman–Crippen MR) is 74.9 cm³/mol. The Morgan fingerprint density at radius 2 is 1.55 bits per heavy atom. The summed E-state index contributed by atoms with van der Waals surface area (Å²) in [6, 6.07) is 10.6. The highest BCUT2D eigenvalue weighted by atomic mass is 127. The van der Waals surface area contributed by atoms with Crippen LogP contribution < -0.4 is 0 Å². The third-order valence-corrected chi connectivity index (χ3v) is 2.39. The molecule has 0 radical (unpaired) electrons. The van der Waals surface area contributed by atoms with Crippen LogP contribution in [0.1, 0.15) is 5.56 Å². The zero-order valence-electron chi connectivity index (χ0n) is 5.73. The van der Waals surface area contributed by atoms with Crippen LogP contribution in [0.3, 0.4) is 0 Å². The van der Waals surface area contributed by atoms with Crippen molar-refractivity contribution in [1.82, 2.24) is 0 Å². The topological polar surface area (TPSA) is 0 Å². The van der Waals surface area contributed by atoms with Crippen LogP contribution in [0.2, 0.25) is 0 Å². The molecule has 0 saturated heterocycles. The van der Waals surface area contributed by atoms with Gasteiger partial charge in [-0.1, -0.05) is 98.1 Å². The molecule has 1 rings (SSSR count). The van der Waals surface area contributed by atoms with Gasteiger partial charge in [0, 0.05) is 6.42 Å². The summed E-state index contributed by atoms with van der Waals surface area (Å²) in [6.45, 7) is 0. The summed E-state index contributed by atoms with van der Waals surface area (Å²) >= 11 is 7.36. The summed E-state index contributed by atoms with van der Waals surface area (Å²) < 4.78 is 0.314. The molecule has 11 heavy (non-hydrogen) atoms. The first-order chi connectivity index (χ1) is 5.08. The van der Waals surface area contributed by atoms with Crippen LogP contribution in [0.5, 0.6) is 0 Å². The monoisotopic (exact) mass is 484 g/mol. The van der Waals surface area contributed by atoms with Crippen molar-refractivity contribution in [2.24, 2.45) is 0 Å². The second kappa shape index (κ2) is 4.59. The van der Waals surface area contributed by atoms with Crippen molar-refractivity contribution >= 4 is 67.8 Å². The highest BCUT2D eigenvalue weighted by Gasteiger charge is 2.16. The summed E-state index contributed by atoms with van der Waals surface area (Å²) in [5, 5.41) is 0. The lowest BCUT2D eigenvalue weighted by molar-refractivity contribution is 1.14. The summed E-state index contributed by atoms with van der Waals surface area (Å²) in [6.07, 6.45) is 1.12. The van der Waals surface area contributed by atoms with Gasteiger partial charge in [-0.2, -0.15) is 0 Å². The molecule has 0 spiro atoms. The first kappa shape index (κ1) is 10.5. The molecule has 0 unspecified atom stereocenters. The molecule has 0 atom stereocenters. The second-order valence-corrected chi connectivity index (χ2v) is 14.0. The average Bonchev–Trinajstić information content (AvgIpc) is 1.85. The summed E-state index contributed by atoms with van der Waals surface area (Å²) in [4.78, 5) is 0. The van der Waals surface area contributed by atoms with Crippen molar-refractivity contribution in [2.75, 3.05) is 0 Å². The SMILES string of the molecule is IC(I)(I)Cc1ccccc1. The lowest BCUT2D eigenvalue weighted by atomic mass is 10.2. The number of rotatable bonds is 2. The van der Waals surface area contributed by atoms with Gasteiger partial charge in [0.1, 0.15) is -0.565 Å². The first-order valence-corrected chi connectivity index (χ1v) is 6.42. The lowest BCUT2D eigenvalue weighted by Gasteiger charge is -2.11. The predicted octanol–water partition coefficient (Wildman–Crippen LogP) is 4.19. The fourth-order valence-corrected chi connectivity index (χ4v) is 2.15. The first-order valence-electron chi connectivity index (χ1n) is 3.18. The summed E-state index contributed by atoms with van der Waals surface area (Å²) in [7, 11) is 0. The van der Waals surface area contributed by atoms with Gasteiger partial charge in [-0.3, -0.25) is 0 Å². The van der Waals surface area contributed by atoms with E-state index >= 15 is 0 Å². The molecule has 1 aromatic rings. The molecule has 0 heterocycles. The molecule has 0 aromatic heterocycles.